The van der Waals surface area contributed by atoms with E-state index < -0.39 is 18.6 Å². The van der Waals surface area contributed by atoms with E-state index in [0.29, 0.717) is 31.7 Å². The second-order valence-corrected chi connectivity index (χ2v) is 4.72. The van der Waals surface area contributed by atoms with Gasteiger partial charge in [-0.25, -0.2) is 0 Å². The average Bonchev–Trinajstić information content (AvgIpc) is 2.36. The zero-order valence-electron chi connectivity index (χ0n) is 11.3. The highest BCUT2D eigenvalue weighted by molar-refractivity contribution is 5.85. The quantitative estimate of drug-likeness (QED) is 0.882. The first kappa shape index (κ1) is 20.3. The van der Waals surface area contributed by atoms with Gasteiger partial charge in [-0.2, -0.15) is 13.2 Å². The van der Waals surface area contributed by atoms with Gasteiger partial charge in [0.05, 0.1) is 6.42 Å². The molecule has 0 unspecified atom stereocenters. The normalized spacial score (nSPS) is 17.5. The molecule has 0 saturated carbocycles. The molecule has 2 rings (SSSR count). The van der Waals surface area contributed by atoms with E-state index in [9.17, 15) is 18.3 Å². The lowest BCUT2D eigenvalue weighted by atomic mass is 10.0. The van der Waals surface area contributed by atoms with Crippen molar-refractivity contribution in [3.63, 3.8) is 0 Å². The van der Waals surface area contributed by atoms with Gasteiger partial charge in [-0.15, -0.1) is 24.8 Å². The van der Waals surface area contributed by atoms with E-state index in [1.54, 1.807) is 12.1 Å². The monoisotopic (exact) mass is 346 g/mol. The molecule has 1 aromatic carbocycles. The van der Waals surface area contributed by atoms with Crippen LogP contribution in [-0.4, -0.2) is 42.4 Å². The van der Waals surface area contributed by atoms with Crippen molar-refractivity contribution in [2.24, 2.45) is 0 Å². The Balaban J connectivity index is 0.00000200. The summed E-state index contributed by atoms with van der Waals surface area (Å²) in [5.41, 5.74) is 0.513. The van der Waals surface area contributed by atoms with Gasteiger partial charge in [-0.3, -0.25) is 4.90 Å². The molecule has 1 aromatic rings. The zero-order chi connectivity index (χ0) is 13.9. The fraction of sp³-hybridized carbons (Fsp3) is 0.538. The van der Waals surface area contributed by atoms with Crippen molar-refractivity contribution >= 4 is 24.8 Å². The number of piperazine rings is 1. The molecule has 0 spiro atoms. The summed E-state index contributed by atoms with van der Waals surface area (Å²) in [6.07, 6.45) is -5.11. The maximum atomic E-state index is 12.7. The molecule has 0 radical (unpaired) electrons. The van der Waals surface area contributed by atoms with Crippen LogP contribution in [0.4, 0.5) is 13.2 Å². The first-order valence-electron chi connectivity index (χ1n) is 6.26. The summed E-state index contributed by atoms with van der Waals surface area (Å²) < 4.78 is 38.2. The third kappa shape index (κ3) is 6.30. The van der Waals surface area contributed by atoms with Gasteiger partial charge in [-0.1, -0.05) is 12.1 Å². The number of phenols is 1. The topological polar surface area (TPSA) is 35.5 Å². The molecule has 3 nitrogen and oxygen atoms in total. The van der Waals surface area contributed by atoms with Crippen molar-refractivity contribution in [3.05, 3.63) is 29.8 Å². The minimum atomic E-state index is -4.22. The summed E-state index contributed by atoms with van der Waals surface area (Å²) in [7, 11) is 0. The van der Waals surface area contributed by atoms with Crippen LogP contribution in [0, 0.1) is 0 Å². The molecule has 0 aliphatic carbocycles. The Morgan fingerprint density at radius 3 is 2.33 bits per heavy atom. The second kappa shape index (κ2) is 8.68. The van der Waals surface area contributed by atoms with Gasteiger partial charge < -0.3 is 10.4 Å². The van der Waals surface area contributed by atoms with Gasteiger partial charge in [0.25, 0.3) is 0 Å². The van der Waals surface area contributed by atoms with E-state index in [4.69, 9.17) is 0 Å². The third-order valence-corrected chi connectivity index (χ3v) is 3.27. The van der Waals surface area contributed by atoms with Crippen LogP contribution in [0.1, 0.15) is 18.0 Å². The molecule has 0 bridgehead atoms. The van der Waals surface area contributed by atoms with E-state index in [0.717, 1.165) is 0 Å². The van der Waals surface area contributed by atoms with Crippen molar-refractivity contribution in [2.45, 2.75) is 18.6 Å². The Morgan fingerprint density at radius 2 is 1.81 bits per heavy atom. The number of phenolic OH excluding ortho intramolecular Hbond substituents is 1. The Kier molecular flexibility index (Phi) is 8.39. The van der Waals surface area contributed by atoms with Crippen LogP contribution in [0.3, 0.4) is 0 Å². The number of nitrogens with zero attached hydrogens (tertiary/aromatic N) is 1. The standard InChI is InChI=1S/C13H17F3N2O.2ClH/c14-13(15,16)9-12(18-6-4-17-5-7-18)10-2-1-3-11(19)8-10;;/h1-3,8,12,17,19H,4-7,9H2;2*1H/t12-;;/m1../s1. The number of benzene rings is 1. The van der Waals surface area contributed by atoms with Crippen LogP contribution >= 0.6 is 24.8 Å². The summed E-state index contributed by atoms with van der Waals surface area (Å²) in [6, 6.07) is 5.37. The lowest BCUT2D eigenvalue weighted by Gasteiger charge is -2.35. The van der Waals surface area contributed by atoms with Gasteiger partial charge in [0.15, 0.2) is 0 Å². The molecule has 1 fully saturated rings. The van der Waals surface area contributed by atoms with E-state index in [-0.39, 0.29) is 30.6 Å². The number of hydrogen-bond acceptors (Lipinski definition) is 3. The van der Waals surface area contributed by atoms with Gasteiger partial charge in [0.1, 0.15) is 5.75 Å². The molecule has 1 atom stereocenters. The van der Waals surface area contributed by atoms with Crippen molar-refractivity contribution in [1.29, 1.82) is 0 Å². The molecule has 2 N–H and O–H groups in total. The van der Waals surface area contributed by atoms with E-state index in [1.165, 1.54) is 12.1 Å². The molecule has 1 saturated heterocycles. The third-order valence-electron chi connectivity index (χ3n) is 3.27. The van der Waals surface area contributed by atoms with Crippen LogP contribution in [0.15, 0.2) is 24.3 Å². The fourth-order valence-corrected chi connectivity index (χ4v) is 2.40. The molecule has 21 heavy (non-hydrogen) atoms. The smallest absolute Gasteiger partial charge is 0.390 e. The maximum absolute atomic E-state index is 12.7. The molecule has 0 aromatic heterocycles. The summed E-state index contributed by atoms with van der Waals surface area (Å²) in [4.78, 5) is 1.82. The average molecular weight is 347 g/mol. The maximum Gasteiger partial charge on any atom is 0.390 e. The Morgan fingerprint density at radius 1 is 1.19 bits per heavy atom. The highest BCUT2D eigenvalue weighted by Crippen LogP contribution is 2.34. The zero-order valence-corrected chi connectivity index (χ0v) is 12.9. The van der Waals surface area contributed by atoms with Crippen molar-refractivity contribution in [3.8, 4) is 5.75 Å². The highest BCUT2D eigenvalue weighted by atomic mass is 35.5. The summed E-state index contributed by atoms with van der Waals surface area (Å²) in [5, 5.41) is 12.6. The molecular weight excluding hydrogens is 328 g/mol. The van der Waals surface area contributed by atoms with Crippen LogP contribution in [0.2, 0.25) is 0 Å². The molecule has 122 valence electrons. The van der Waals surface area contributed by atoms with Crippen LogP contribution < -0.4 is 5.32 Å². The van der Waals surface area contributed by atoms with E-state index in [2.05, 4.69) is 5.32 Å². The molecule has 1 aliphatic heterocycles. The van der Waals surface area contributed by atoms with Gasteiger partial charge in [-0.05, 0) is 17.7 Å². The molecule has 0 amide bonds. The largest absolute Gasteiger partial charge is 0.508 e. The summed E-state index contributed by atoms with van der Waals surface area (Å²) >= 11 is 0. The molecule has 1 aliphatic rings. The van der Waals surface area contributed by atoms with Crippen LogP contribution in [-0.2, 0) is 0 Å². The SMILES string of the molecule is Cl.Cl.Oc1cccc([C@@H](CC(F)(F)F)N2CCNCC2)c1. The Labute approximate surface area is 134 Å². The van der Waals surface area contributed by atoms with Crippen molar-refractivity contribution < 1.29 is 18.3 Å². The van der Waals surface area contributed by atoms with Crippen LogP contribution in [0.25, 0.3) is 0 Å². The predicted molar refractivity (Wildman–Crippen MR) is 80.5 cm³/mol. The summed E-state index contributed by atoms with van der Waals surface area (Å²) in [6.45, 7) is 2.53. The second-order valence-electron chi connectivity index (χ2n) is 4.72. The molecule has 1 heterocycles. The number of aromatic hydroxyl groups is 1. The van der Waals surface area contributed by atoms with Crippen molar-refractivity contribution in [2.75, 3.05) is 26.2 Å². The minimum absolute atomic E-state index is 0. The van der Waals surface area contributed by atoms with Crippen molar-refractivity contribution in [1.82, 2.24) is 10.2 Å². The molecule has 8 heteroatoms. The lowest BCUT2D eigenvalue weighted by molar-refractivity contribution is -0.148. The lowest BCUT2D eigenvalue weighted by Crippen LogP contribution is -2.46. The Hall–Kier alpha value is -0.690. The van der Waals surface area contributed by atoms with E-state index in [1.807, 2.05) is 4.90 Å². The molecular formula is C13H19Cl2F3N2O. The van der Waals surface area contributed by atoms with E-state index >= 15 is 0 Å². The summed E-state index contributed by atoms with van der Waals surface area (Å²) in [5.74, 6) is -0.000177. The van der Waals surface area contributed by atoms with Gasteiger partial charge in [0, 0.05) is 32.2 Å². The number of rotatable bonds is 3. The Bertz CT molecular complexity index is 426. The van der Waals surface area contributed by atoms with Gasteiger partial charge in [0.2, 0.25) is 0 Å². The number of hydrogen-bond donors (Lipinski definition) is 2. The number of alkyl halides is 3. The first-order valence-corrected chi connectivity index (χ1v) is 6.26. The fourth-order valence-electron chi connectivity index (χ4n) is 2.40. The first-order chi connectivity index (χ1) is 8.96. The predicted octanol–water partition coefficient (Wildman–Crippen LogP) is 3.13. The van der Waals surface area contributed by atoms with Crippen LogP contribution in [0.5, 0.6) is 5.75 Å². The number of nitrogens with one attached hydrogen (secondary N) is 1. The minimum Gasteiger partial charge on any atom is -0.508 e. The number of halogens is 5. The highest BCUT2D eigenvalue weighted by Gasteiger charge is 2.35. The van der Waals surface area contributed by atoms with Gasteiger partial charge >= 0.3 is 6.18 Å².